The van der Waals surface area contributed by atoms with Gasteiger partial charge in [0.05, 0.1) is 28.7 Å². The molecule has 1 fully saturated rings. The normalized spacial score (nSPS) is 18.4. The Bertz CT molecular complexity index is 1150. The Morgan fingerprint density at radius 1 is 1.19 bits per heavy atom. The first-order chi connectivity index (χ1) is 15.3. The van der Waals surface area contributed by atoms with E-state index in [0.717, 1.165) is 48.3 Å². The van der Waals surface area contributed by atoms with Crippen molar-refractivity contribution >= 4 is 39.8 Å². The zero-order valence-electron chi connectivity index (χ0n) is 18.2. The number of fused-ring (bicyclic) bond motifs is 1. The molecule has 2 unspecified atom stereocenters. The number of carbonyl (C=O) groups is 1. The summed E-state index contributed by atoms with van der Waals surface area (Å²) in [5, 5.41) is 7.11. The fraction of sp³-hybridized carbons (Fsp3) is 0.348. The number of carbonyl (C=O) groups excluding carboxylic acids is 1. The van der Waals surface area contributed by atoms with Crippen LogP contribution < -0.4 is 27.0 Å². The predicted octanol–water partition coefficient (Wildman–Crippen LogP) is 3.36. The molecule has 0 spiro atoms. The van der Waals surface area contributed by atoms with Crippen LogP contribution in [0.4, 0.5) is 27.4 Å². The van der Waals surface area contributed by atoms with Crippen LogP contribution in [0.3, 0.4) is 0 Å². The highest BCUT2D eigenvalue weighted by atomic mass is 19.1. The SMILES string of the molecule is CN(C)c1cccc2cc(Nc3nc(NC4CCCCC4N)c(F)cc3C(N)=O)cnc12. The van der Waals surface area contributed by atoms with Crippen molar-refractivity contribution in [2.75, 3.05) is 29.6 Å². The molecule has 168 valence electrons. The quantitative estimate of drug-likeness (QED) is 0.466. The zero-order valence-corrected chi connectivity index (χ0v) is 18.2. The van der Waals surface area contributed by atoms with Crippen molar-refractivity contribution < 1.29 is 9.18 Å². The second-order valence-electron chi connectivity index (χ2n) is 8.37. The van der Waals surface area contributed by atoms with Crippen LogP contribution in [0.2, 0.25) is 0 Å². The van der Waals surface area contributed by atoms with Crippen LogP contribution in [0, 0.1) is 5.82 Å². The summed E-state index contributed by atoms with van der Waals surface area (Å²) in [6, 6.07) is 8.73. The van der Waals surface area contributed by atoms with Crippen molar-refractivity contribution in [3.8, 4) is 0 Å². The van der Waals surface area contributed by atoms with Gasteiger partial charge in [-0.2, -0.15) is 0 Å². The van der Waals surface area contributed by atoms with Crippen molar-refractivity contribution in [3.63, 3.8) is 0 Å². The van der Waals surface area contributed by atoms with E-state index in [9.17, 15) is 9.18 Å². The van der Waals surface area contributed by atoms with Crippen LogP contribution in [-0.2, 0) is 0 Å². The molecule has 6 N–H and O–H groups in total. The first-order valence-electron chi connectivity index (χ1n) is 10.7. The number of primary amides is 1. The Hall–Kier alpha value is -3.46. The molecule has 3 aromatic rings. The van der Waals surface area contributed by atoms with Gasteiger partial charge in [-0.25, -0.2) is 9.37 Å². The molecule has 2 atom stereocenters. The summed E-state index contributed by atoms with van der Waals surface area (Å²) in [6.07, 6.45) is 5.45. The molecule has 9 heteroatoms. The van der Waals surface area contributed by atoms with Crippen LogP contribution in [0.1, 0.15) is 36.0 Å². The minimum Gasteiger partial charge on any atom is -0.376 e. The lowest BCUT2D eigenvalue weighted by molar-refractivity contribution is 0.100. The van der Waals surface area contributed by atoms with Crippen molar-refractivity contribution in [1.82, 2.24) is 9.97 Å². The molecule has 1 amide bonds. The van der Waals surface area contributed by atoms with Gasteiger partial charge in [0.1, 0.15) is 5.82 Å². The number of nitrogens with two attached hydrogens (primary N) is 2. The number of pyridine rings is 2. The Kier molecular flexibility index (Phi) is 6.09. The second-order valence-corrected chi connectivity index (χ2v) is 8.37. The number of amides is 1. The van der Waals surface area contributed by atoms with Crippen molar-refractivity contribution in [3.05, 3.63) is 47.9 Å². The molecule has 2 aromatic heterocycles. The Morgan fingerprint density at radius 3 is 2.69 bits per heavy atom. The molecule has 1 aromatic carbocycles. The molecule has 1 aliphatic carbocycles. The van der Waals surface area contributed by atoms with E-state index in [0.29, 0.717) is 5.69 Å². The first kappa shape index (κ1) is 21.8. The van der Waals surface area contributed by atoms with Gasteiger partial charge < -0.3 is 27.0 Å². The highest BCUT2D eigenvalue weighted by Gasteiger charge is 2.24. The van der Waals surface area contributed by atoms with Gasteiger partial charge in [-0.15, -0.1) is 0 Å². The Balaban J connectivity index is 1.68. The maximum atomic E-state index is 14.7. The smallest absolute Gasteiger partial charge is 0.252 e. The van der Waals surface area contributed by atoms with Crippen LogP contribution in [0.25, 0.3) is 10.9 Å². The van der Waals surface area contributed by atoms with Gasteiger partial charge in [-0.1, -0.05) is 25.0 Å². The third-order valence-electron chi connectivity index (χ3n) is 5.82. The van der Waals surface area contributed by atoms with Crippen LogP contribution >= 0.6 is 0 Å². The van der Waals surface area contributed by atoms with Gasteiger partial charge in [0, 0.05) is 31.6 Å². The number of aromatic nitrogens is 2. The van der Waals surface area contributed by atoms with Gasteiger partial charge in [0.2, 0.25) is 0 Å². The highest BCUT2D eigenvalue weighted by Crippen LogP contribution is 2.29. The standard InChI is InChI=1S/C23H28FN7O/c1-31(2)19-9-5-6-13-10-14(12-27-20(13)19)28-22-15(21(26)32)11-16(24)23(30-22)29-18-8-4-3-7-17(18)25/h5-6,9-12,17-18H,3-4,7-8,25H2,1-2H3,(H2,26,32)(H2,28,29,30). The second kappa shape index (κ2) is 8.96. The highest BCUT2D eigenvalue weighted by molar-refractivity contribution is 5.99. The average Bonchev–Trinajstić information content (AvgIpc) is 2.76. The van der Waals surface area contributed by atoms with E-state index in [2.05, 4.69) is 20.6 Å². The fourth-order valence-electron chi connectivity index (χ4n) is 4.10. The van der Waals surface area contributed by atoms with Gasteiger partial charge in [-0.3, -0.25) is 9.78 Å². The molecule has 0 aliphatic heterocycles. The van der Waals surface area contributed by atoms with Crippen molar-refractivity contribution in [2.24, 2.45) is 11.5 Å². The summed E-state index contributed by atoms with van der Waals surface area (Å²) in [4.78, 5) is 22.9. The number of hydrogen-bond acceptors (Lipinski definition) is 7. The summed E-state index contributed by atoms with van der Waals surface area (Å²) >= 11 is 0. The Labute approximate surface area is 186 Å². The van der Waals surface area contributed by atoms with Gasteiger partial charge in [0.15, 0.2) is 11.6 Å². The lowest BCUT2D eigenvalue weighted by Crippen LogP contribution is -2.43. The maximum Gasteiger partial charge on any atom is 0.252 e. The lowest BCUT2D eigenvalue weighted by atomic mass is 9.91. The van der Waals surface area contributed by atoms with Gasteiger partial charge >= 0.3 is 0 Å². The van der Waals surface area contributed by atoms with Crippen LogP contribution in [-0.4, -0.2) is 42.1 Å². The number of halogens is 1. The Morgan fingerprint density at radius 2 is 1.97 bits per heavy atom. The third-order valence-corrected chi connectivity index (χ3v) is 5.82. The number of hydrogen-bond donors (Lipinski definition) is 4. The average molecular weight is 438 g/mol. The number of benzene rings is 1. The molecular weight excluding hydrogens is 409 g/mol. The number of nitrogens with one attached hydrogen (secondary N) is 2. The molecule has 32 heavy (non-hydrogen) atoms. The molecule has 0 radical (unpaired) electrons. The maximum absolute atomic E-state index is 14.7. The predicted molar refractivity (Wildman–Crippen MR) is 126 cm³/mol. The molecule has 1 aliphatic rings. The summed E-state index contributed by atoms with van der Waals surface area (Å²) in [6.45, 7) is 0. The van der Waals surface area contributed by atoms with E-state index in [4.69, 9.17) is 11.5 Å². The minimum absolute atomic E-state index is 0.0388. The lowest BCUT2D eigenvalue weighted by Gasteiger charge is -2.30. The molecule has 1 saturated carbocycles. The summed E-state index contributed by atoms with van der Waals surface area (Å²) in [5.41, 5.74) is 14.1. The third kappa shape index (κ3) is 4.43. The van der Waals surface area contributed by atoms with E-state index in [1.54, 1.807) is 6.20 Å². The molecular formula is C23H28FN7O. The minimum atomic E-state index is -0.775. The van der Waals surface area contributed by atoms with E-state index < -0.39 is 11.7 Å². The molecule has 2 heterocycles. The van der Waals surface area contributed by atoms with E-state index in [-0.39, 0.29) is 29.3 Å². The molecule has 8 nitrogen and oxygen atoms in total. The van der Waals surface area contributed by atoms with Crippen LogP contribution in [0.15, 0.2) is 36.5 Å². The molecule has 4 rings (SSSR count). The van der Waals surface area contributed by atoms with E-state index in [1.165, 1.54) is 0 Å². The summed E-state index contributed by atoms with van der Waals surface area (Å²) in [7, 11) is 3.91. The number of anilines is 4. The van der Waals surface area contributed by atoms with Gasteiger partial charge in [-0.05, 0) is 31.0 Å². The number of nitrogens with zero attached hydrogens (tertiary/aromatic N) is 3. The van der Waals surface area contributed by atoms with Gasteiger partial charge in [0.25, 0.3) is 5.91 Å². The topological polar surface area (TPSA) is 122 Å². The molecule has 0 saturated heterocycles. The summed E-state index contributed by atoms with van der Waals surface area (Å²) in [5.74, 6) is -1.21. The first-order valence-corrected chi connectivity index (χ1v) is 10.7. The van der Waals surface area contributed by atoms with Crippen LogP contribution in [0.5, 0.6) is 0 Å². The van der Waals surface area contributed by atoms with Crippen molar-refractivity contribution in [1.29, 1.82) is 0 Å². The number of rotatable bonds is 6. The fourth-order valence-corrected chi connectivity index (χ4v) is 4.10. The van der Waals surface area contributed by atoms with E-state index in [1.807, 2.05) is 43.3 Å². The monoisotopic (exact) mass is 437 g/mol. The summed E-state index contributed by atoms with van der Waals surface area (Å²) < 4.78 is 14.7. The molecule has 0 bridgehead atoms. The number of para-hydroxylation sites is 1. The largest absolute Gasteiger partial charge is 0.376 e. The zero-order chi connectivity index (χ0) is 22.8. The van der Waals surface area contributed by atoms with E-state index >= 15 is 0 Å². The van der Waals surface area contributed by atoms with Crippen molar-refractivity contribution in [2.45, 2.75) is 37.8 Å².